The summed E-state index contributed by atoms with van der Waals surface area (Å²) in [5.41, 5.74) is 4.95. The highest BCUT2D eigenvalue weighted by Gasteiger charge is 1.93. The van der Waals surface area contributed by atoms with Crippen LogP contribution in [0.4, 0.5) is 0 Å². The van der Waals surface area contributed by atoms with Gasteiger partial charge in [0.1, 0.15) is 0 Å². The predicted octanol–water partition coefficient (Wildman–Crippen LogP) is 0.979. The molecule has 0 heterocycles. The first-order chi connectivity index (χ1) is 5.27. The highest BCUT2D eigenvalue weighted by Crippen LogP contribution is 1.97. The van der Waals surface area contributed by atoms with Crippen LogP contribution in [-0.2, 0) is 9.53 Å². The maximum Gasteiger partial charge on any atom is 0.217 e. The van der Waals surface area contributed by atoms with Crippen molar-refractivity contribution in [1.82, 2.24) is 0 Å². The highest BCUT2D eigenvalue weighted by molar-refractivity contribution is 7.98. The van der Waals surface area contributed by atoms with Crippen LogP contribution in [0.5, 0.6) is 0 Å². The van der Waals surface area contributed by atoms with E-state index >= 15 is 0 Å². The number of primary amides is 1. The van der Waals surface area contributed by atoms with Gasteiger partial charge in [0.15, 0.2) is 0 Å². The number of amides is 1. The van der Waals surface area contributed by atoms with Gasteiger partial charge >= 0.3 is 0 Å². The van der Waals surface area contributed by atoms with Crippen LogP contribution in [0.15, 0.2) is 0 Å². The minimum atomic E-state index is -0.227. The van der Waals surface area contributed by atoms with Gasteiger partial charge in [-0.25, -0.2) is 0 Å². The first kappa shape index (κ1) is 10.8. The summed E-state index contributed by atoms with van der Waals surface area (Å²) in [5, 5.41) is 0. The SMILES string of the molecule is CSCOCCCCC(N)=O. The molecule has 0 radical (unpaired) electrons. The monoisotopic (exact) mass is 177 g/mol. The Balaban J connectivity index is 2.85. The van der Waals surface area contributed by atoms with E-state index in [1.165, 1.54) is 0 Å². The minimum absolute atomic E-state index is 0.227. The van der Waals surface area contributed by atoms with E-state index in [1.54, 1.807) is 11.8 Å². The van der Waals surface area contributed by atoms with Crippen LogP contribution < -0.4 is 5.73 Å². The number of rotatable bonds is 7. The average Bonchev–Trinajstić information content (AvgIpc) is 1.96. The van der Waals surface area contributed by atoms with Gasteiger partial charge in [-0.1, -0.05) is 0 Å². The summed E-state index contributed by atoms with van der Waals surface area (Å²) < 4.78 is 5.18. The predicted molar refractivity (Wildman–Crippen MR) is 47.4 cm³/mol. The normalized spacial score (nSPS) is 9.91. The molecule has 0 atom stereocenters. The minimum Gasteiger partial charge on any atom is -0.371 e. The van der Waals surface area contributed by atoms with Crippen molar-refractivity contribution in [2.45, 2.75) is 19.3 Å². The molecule has 0 saturated carbocycles. The Morgan fingerprint density at radius 3 is 2.82 bits per heavy atom. The van der Waals surface area contributed by atoms with E-state index < -0.39 is 0 Å². The number of nitrogens with two attached hydrogens (primary N) is 1. The van der Waals surface area contributed by atoms with E-state index in [0.29, 0.717) is 6.42 Å². The lowest BCUT2D eigenvalue weighted by atomic mass is 10.2. The average molecular weight is 177 g/mol. The highest BCUT2D eigenvalue weighted by atomic mass is 32.2. The lowest BCUT2D eigenvalue weighted by molar-refractivity contribution is -0.118. The second-order valence-corrected chi connectivity index (χ2v) is 3.05. The standard InChI is InChI=1S/C7H15NO2S/c1-11-6-10-5-3-2-4-7(8)9/h2-6H2,1H3,(H2,8,9). The molecule has 66 valence electrons. The Bertz CT molecular complexity index is 109. The second-order valence-electron chi connectivity index (χ2n) is 2.24. The van der Waals surface area contributed by atoms with Crippen molar-refractivity contribution >= 4 is 17.7 Å². The van der Waals surface area contributed by atoms with Crippen LogP contribution >= 0.6 is 11.8 Å². The molecule has 0 saturated heterocycles. The lowest BCUT2D eigenvalue weighted by Gasteiger charge is -1.99. The number of carbonyl (C=O) groups excluding carboxylic acids is 1. The van der Waals surface area contributed by atoms with Gasteiger partial charge in [-0.3, -0.25) is 4.79 Å². The molecule has 0 aliphatic carbocycles. The van der Waals surface area contributed by atoms with E-state index in [4.69, 9.17) is 10.5 Å². The van der Waals surface area contributed by atoms with Crippen molar-refractivity contribution in [3.8, 4) is 0 Å². The van der Waals surface area contributed by atoms with Crippen molar-refractivity contribution in [2.24, 2.45) is 5.73 Å². The van der Waals surface area contributed by atoms with E-state index in [-0.39, 0.29) is 5.91 Å². The van der Waals surface area contributed by atoms with E-state index in [0.717, 1.165) is 25.4 Å². The Hall–Kier alpha value is -0.220. The molecule has 3 nitrogen and oxygen atoms in total. The number of ether oxygens (including phenoxy) is 1. The summed E-state index contributed by atoms with van der Waals surface area (Å²) in [6.07, 6.45) is 4.22. The fourth-order valence-corrected chi connectivity index (χ4v) is 0.930. The molecule has 0 aliphatic rings. The van der Waals surface area contributed by atoms with Crippen molar-refractivity contribution in [2.75, 3.05) is 18.8 Å². The summed E-state index contributed by atoms with van der Waals surface area (Å²) in [7, 11) is 0. The molecule has 11 heavy (non-hydrogen) atoms. The molecule has 0 aromatic heterocycles. The fraction of sp³-hybridized carbons (Fsp3) is 0.857. The van der Waals surface area contributed by atoms with E-state index in [9.17, 15) is 4.79 Å². The van der Waals surface area contributed by atoms with Crippen molar-refractivity contribution in [3.05, 3.63) is 0 Å². The number of hydrogen-bond acceptors (Lipinski definition) is 3. The molecular weight excluding hydrogens is 162 g/mol. The van der Waals surface area contributed by atoms with Crippen LogP contribution in [0.25, 0.3) is 0 Å². The third-order valence-electron chi connectivity index (χ3n) is 1.16. The van der Waals surface area contributed by atoms with Crippen molar-refractivity contribution in [1.29, 1.82) is 0 Å². The summed E-state index contributed by atoms with van der Waals surface area (Å²) in [5.74, 6) is 0.506. The second kappa shape index (κ2) is 7.88. The topological polar surface area (TPSA) is 52.3 Å². The Labute approximate surface area is 71.7 Å². The molecule has 2 N–H and O–H groups in total. The number of unbranched alkanes of at least 4 members (excludes halogenated alkanes) is 1. The van der Waals surface area contributed by atoms with Crippen LogP contribution in [0.1, 0.15) is 19.3 Å². The quantitative estimate of drug-likeness (QED) is 0.466. The summed E-state index contributed by atoms with van der Waals surface area (Å²) in [6, 6.07) is 0. The molecule has 0 unspecified atom stereocenters. The first-order valence-electron chi connectivity index (χ1n) is 3.62. The zero-order valence-electron chi connectivity index (χ0n) is 6.84. The maximum atomic E-state index is 10.3. The Morgan fingerprint density at radius 1 is 1.55 bits per heavy atom. The zero-order chi connectivity index (χ0) is 8.53. The molecule has 0 bridgehead atoms. The summed E-state index contributed by atoms with van der Waals surface area (Å²) in [6.45, 7) is 0.730. The molecule has 0 aliphatic heterocycles. The van der Waals surface area contributed by atoms with Gasteiger partial charge < -0.3 is 10.5 Å². The largest absolute Gasteiger partial charge is 0.371 e. The van der Waals surface area contributed by atoms with Gasteiger partial charge in [0, 0.05) is 13.0 Å². The van der Waals surface area contributed by atoms with Gasteiger partial charge in [-0.2, -0.15) is 0 Å². The Morgan fingerprint density at radius 2 is 2.27 bits per heavy atom. The van der Waals surface area contributed by atoms with Gasteiger partial charge in [0.05, 0.1) is 5.94 Å². The fourth-order valence-electron chi connectivity index (χ4n) is 0.646. The van der Waals surface area contributed by atoms with Gasteiger partial charge in [-0.05, 0) is 19.1 Å². The molecule has 0 spiro atoms. The zero-order valence-corrected chi connectivity index (χ0v) is 7.65. The molecule has 0 aromatic rings. The molecule has 4 heteroatoms. The van der Waals surface area contributed by atoms with Crippen LogP contribution in [0.3, 0.4) is 0 Å². The lowest BCUT2D eigenvalue weighted by Crippen LogP contribution is -2.10. The van der Waals surface area contributed by atoms with Crippen LogP contribution in [0, 0.1) is 0 Å². The van der Waals surface area contributed by atoms with Gasteiger partial charge in [0.2, 0.25) is 5.91 Å². The van der Waals surface area contributed by atoms with Crippen molar-refractivity contribution < 1.29 is 9.53 Å². The number of hydrogen-bond donors (Lipinski definition) is 1. The summed E-state index contributed by atoms with van der Waals surface area (Å²) in [4.78, 5) is 10.3. The molecule has 1 amide bonds. The molecule has 0 fully saturated rings. The van der Waals surface area contributed by atoms with Crippen LogP contribution in [0.2, 0.25) is 0 Å². The first-order valence-corrected chi connectivity index (χ1v) is 5.01. The molecule has 0 rings (SSSR count). The summed E-state index contributed by atoms with van der Waals surface area (Å²) >= 11 is 1.65. The van der Waals surface area contributed by atoms with Gasteiger partial charge in [0.25, 0.3) is 0 Å². The van der Waals surface area contributed by atoms with E-state index in [1.807, 2.05) is 6.26 Å². The number of carbonyl (C=O) groups is 1. The maximum absolute atomic E-state index is 10.3. The van der Waals surface area contributed by atoms with Gasteiger partial charge in [-0.15, -0.1) is 11.8 Å². The smallest absolute Gasteiger partial charge is 0.217 e. The Kier molecular flexibility index (Phi) is 7.72. The van der Waals surface area contributed by atoms with Crippen LogP contribution in [-0.4, -0.2) is 24.7 Å². The molecule has 0 aromatic carbocycles. The third-order valence-corrected chi connectivity index (χ3v) is 1.57. The third kappa shape index (κ3) is 9.78. The van der Waals surface area contributed by atoms with Crippen molar-refractivity contribution in [3.63, 3.8) is 0 Å². The molecular formula is C7H15NO2S. The number of thioether (sulfide) groups is 1. The van der Waals surface area contributed by atoms with E-state index in [2.05, 4.69) is 0 Å².